The molecule has 12 heteroatoms. The standard InChI is InChI=1S/C26H28O12/c27-19(15-25(29)30)17-1-3-21-23(13-17)37-11-7-34-8-12-38-24-14-18(20(28)16-26(31)32)2-4-22(24)36-10-6-33-5-9-35-21/h1-4,13-14H,5-12,15-16H2,(H,29,30)(H,31,32). The van der Waals surface area contributed by atoms with Crippen LogP contribution >= 0.6 is 0 Å². The summed E-state index contributed by atoms with van der Waals surface area (Å²) >= 11 is 0. The van der Waals surface area contributed by atoms with Gasteiger partial charge in [-0.3, -0.25) is 19.2 Å². The third kappa shape index (κ3) is 9.05. The quantitative estimate of drug-likeness (QED) is 0.412. The van der Waals surface area contributed by atoms with Crippen LogP contribution in [-0.4, -0.2) is 86.6 Å². The first-order valence-electron chi connectivity index (χ1n) is 11.8. The third-order valence-corrected chi connectivity index (χ3v) is 5.10. The maximum atomic E-state index is 12.1. The maximum Gasteiger partial charge on any atom is 0.311 e. The number of aliphatic carboxylic acids is 2. The molecule has 0 amide bonds. The van der Waals surface area contributed by atoms with E-state index in [1.807, 2.05) is 0 Å². The minimum atomic E-state index is -1.23. The van der Waals surface area contributed by atoms with Crippen molar-refractivity contribution in [1.82, 2.24) is 0 Å². The van der Waals surface area contributed by atoms with Crippen molar-refractivity contribution in [1.29, 1.82) is 0 Å². The Bertz CT molecular complexity index is 1060. The number of fused-ring (bicyclic) bond motifs is 2. The summed E-state index contributed by atoms with van der Waals surface area (Å²) in [5, 5.41) is 17.8. The molecular formula is C26H28O12. The lowest BCUT2D eigenvalue weighted by atomic mass is 10.1. The van der Waals surface area contributed by atoms with Gasteiger partial charge in [-0.2, -0.15) is 0 Å². The second-order valence-corrected chi connectivity index (χ2v) is 7.93. The summed E-state index contributed by atoms with van der Waals surface area (Å²) in [6.07, 6.45) is -1.28. The maximum absolute atomic E-state index is 12.1. The van der Waals surface area contributed by atoms with Gasteiger partial charge in [-0.25, -0.2) is 0 Å². The lowest BCUT2D eigenvalue weighted by molar-refractivity contribution is -0.137. The molecule has 0 saturated heterocycles. The van der Waals surface area contributed by atoms with Crippen LogP contribution in [-0.2, 0) is 19.1 Å². The SMILES string of the molecule is O=C(O)CC(=O)c1ccc2c(c1)OCCOCCOc1cc(C(=O)CC(=O)O)ccc1OCCOCCO2. The van der Waals surface area contributed by atoms with Crippen LogP contribution in [0.15, 0.2) is 36.4 Å². The van der Waals surface area contributed by atoms with Gasteiger partial charge in [0, 0.05) is 11.1 Å². The molecule has 1 heterocycles. The summed E-state index contributed by atoms with van der Waals surface area (Å²) in [7, 11) is 0. The molecule has 3 rings (SSSR count). The lowest BCUT2D eigenvalue weighted by Crippen LogP contribution is -2.16. The van der Waals surface area contributed by atoms with Crippen molar-refractivity contribution >= 4 is 23.5 Å². The van der Waals surface area contributed by atoms with Crippen LogP contribution in [0.3, 0.4) is 0 Å². The molecule has 12 nitrogen and oxygen atoms in total. The summed E-state index contributed by atoms with van der Waals surface area (Å²) in [6, 6.07) is 8.87. The van der Waals surface area contributed by atoms with Gasteiger partial charge >= 0.3 is 11.9 Å². The number of carbonyl (C=O) groups is 4. The molecule has 0 radical (unpaired) electrons. The number of benzene rings is 2. The molecular weight excluding hydrogens is 504 g/mol. The summed E-state index contributed by atoms with van der Waals surface area (Å²) in [5.41, 5.74) is 0.360. The van der Waals surface area contributed by atoms with E-state index in [2.05, 4.69) is 0 Å². The highest BCUT2D eigenvalue weighted by Gasteiger charge is 2.16. The van der Waals surface area contributed by atoms with Gasteiger partial charge in [0.05, 0.1) is 26.4 Å². The van der Waals surface area contributed by atoms with Crippen molar-refractivity contribution in [3.8, 4) is 23.0 Å². The van der Waals surface area contributed by atoms with Crippen molar-refractivity contribution in [2.24, 2.45) is 0 Å². The molecule has 0 aliphatic carbocycles. The normalized spacial score (nSPS) is 14.9. The fourth-order valence-electron chi connectivity index (χ4n) is 3.35. The first-order chi connectivity index (χ1) is 18.3. The molecule has 38 heavy (non-hydrogen) atoms. The van der Waals surface area contributed by atoms with Crippen LogP contribution in [0, 0.1) is 0 Å². The zero-order valence-corrected chi connectivity index (χ0v) is 20.5. The molecule has 1 aliphatic rings. The number of rotatable bonds is 6. The highest BCUT2D eigenvalue weighted by atomic mass is 16.6. The first-order valence-corrected chi connectivity index (χ1v) is 11.8. The highest BCUT2D eigenvalue weighted by molar-refractivity contribution is 6.06. The largest absolute Gasteiger partial charge is 0.487 e. The first kappa shape index (κ1) is 28.4. The molecule has 1 aliphatic heterocycles. The van der Waals surface area contributed by atoms with E-state index in [9.17, 15) is 19.2 Å². The lowest BCUT2D eigenvalue weighted by Gasteiger charge is -2.16. The Morgan fingerprint density at radius 1 is 0.526 bits per heavy atom. The number of hydrogen-bond acceptors (Lipinski definition) is 10. The van der Waals surface area contributed by atoms with Crippen molar-refractivity contribution in [2.45, 2.75) is 12.8 Å². The van der Waals surface area contributed by atoms with Gasteiger partial charge in [0.1, 0.15) is 39.3 Å². The Labute approximate surface area is 218 Å². The van der Waals surface area contributed by atoms with E-state index in [0.717, 1.165) is 0 Å². The van der Waals surface area contributed by atoms with E-state index in [0.29, 0.717) is 11.5 Å². The molecule has 0 spiro atoms. The zero-order chi connectivity index (χ0) is 27.3. The van der Waals surface area contributed by atoms with Gasteiger partial charge in [0.2, 0.25) is 0 Å². The van der Waals surface area contributed by atoms with Crippen LogP contribution in [0.25, 0.3) is 0 Å². The van der Waals surface area contributed by atoms with Gasteiger partial charge < -0.3 is 38.6 Å². The number of carboxylic acid groups (broad SMARTS) is 2. The number of ether oxygens (including phenoxy) is 6. The second-order valence-electron chi connectivity index (χ2n) is 7.93. The van der Waals surface area contributed by atoms with Crippen molar-refractivity contribution in [2.75, 3.05) is 52.9 Å². The van der Waals surface area contributed by atoms with Crippen LogP contribution in [0.2, 0.25) is 0 Å². The van der Waals surface area contributed by atoms with Gasteiger partial charge in [0.25, 0.3) is 0 Å². The van der Waals surface area contributed by atoms with Crippen LogP contribution < -0.4 is 18.9 Å². The Morgan fingerprint density at radius 2 is 0.868 bits per heavy atom. The molecule has 0 bridgehead atoms. The van der Waals surface area contributed by atoms with E-state index < -0.39 is 36.3 Å². The fraction of sp³-hybridized carbons (Fsp3) is 0.385. The minimum Gasteiger partial charge on any atom is -0.487 e. The van der Waals surface area contributed by atoms with Crippen LogP contribution in [0.5, 0.6) is 23.0 Å². The molecule has 204 valence electrons. The molecule has 0 atom stereocenters. The molecule has 2 aromatic carbocycles. The average molecular weight is 532 g/mol. The minimum absolute atomic E-state index is 0.108. The predicted octanol–water partition coefficient (Wildman–Crippen LogP) is 2.26. The van der Waals surface area contributed by atoms with Gasteiger partial charge in [-0.15, -0.1) is 0 Å². The van der Waals surface area contributed by atoms with Crippen LogP contribution in [0.4, 0.5) is 0 Å². The van der Waals surface area contributed by atoms with Gasteiger partial charge in [0.15, 0.2) is 34.6 Å². The summed E-state index contributed by atoms with van der Waals surface area (Å²) in [6.45, 7) is 1.33. The number of Topliss-reactive ketones (excluding diaryl/α,β-unsaturated/α-hetero) is 2. The number of carboxylic acids is 2. The molecule has 2 N–H and O–H groups in total. The van der Waals surface area contributed by atoms with E-state index in [1.165, 1.54) is 36.4 Å². The van der Waals surface area contributed by atoms with E-state index >= 15 is 0 Å². The van der Waals surface area contributed by atoms with E-state index in [-0.39, 0.29) is 75.5 Å². The van der Waals surface area contributed by atoms with Crippen LogP contribution in [0.1, 0.15) is 33.6 Å². The van der Waals surface area contributed by atoms with Gasteiger partial charge in [-0.1, -0.05) is 0 Å². The summed E-state index contributed by atoms with van der Waals surface area (Å²) in [5.74, 6) is -2.33. The molecule has 2 aromatic rings. The van der Waals surface area contributed by atoms with E-state index in [1.54, 1.807) is 0 Å². The van der Waals surface area contributed by atoms with Crippen molar-refractivity contribution in [3.63, 3.8) is 0 Å². The number of hydrogen-bond donors (Lipinski definition) is 2. The van der Waals surface area contributed by atoms with Crippen molar-refractivity contribution in [3.05, 3.63) is 47.5 Å². The fourth-order valence-corrected chi connectivity index (χ4v) is 3.35. The van der Waals surface area contributed by atoms with E-state index in [4.69, 9.17) is 38.6 Å². The molecule has 0 fully saturated rings. The Hall–Kier alpha value is -4.16. The summed E-state index contributed by atoms with van der Waals surface area (Å²) < 4.78 is 33.9. The molecule has 0 unspecified atom stereocenters. The highest BCUT2D eigenvalue weighted by Crippen LogP contribution is 2.30. The second kappa shape index (κ2) is 14.5. The zero-order valence-electron chi connectivity index (χ0n) is 20.5. The smallest absolute Gasteiger partial charge is 0.311 e. The predicted molar refractivity (Wildman–Crippen MR) is 130 cm³/mol. The topological polar surface area (TPSA) is 164 Å². The monoisotopic (exact) mass is 532 g/mol. The molecule has 0 saturated carbocycles. The number of carbonyl (C=O) groups excluding carboxylic acids is 2. The summed E-state index contributed by atoms with van der Waals surface area (Å²) in [4.78, 5) is 46.0. The third-order valence-electron chi connectivity index (χ3n) is 5.10. The Kier molecular flexibility index (Phi) is 10.9. The number of ketones is 2. The average Bonchev–Trinajstić information content (AvgIpc) is 2.87. The Morgan fingerprint density at radius 3 is 1.21 bits per heavy atom. The molecule has 0 aromatic heterocycles. The Balaban J connectivity index is 1.65. The van der Waals surface area contributed by atoms with Gasteiger partial charge in [-0.05, 0) is 36.4 Å². The van der Waals surface area contributed by atoms with Crippen molar-refractivity contribution < 1.29 is 57.8 Å².